The Kier molecular flexibility index (Phi) is 4.95. The van der Waals surface area contributed by atoms with E-state index in [1.807, 2.05) is 0 Å². The van der Waals surface area contributed by atoms with Crippen molar-refractivity contribution in [2.24, 2.45) is 11.8 Å². The minimum absolute atomic E-state index is 0.0617. The third-order valence-corrected chi connectivity index (χ3v) is 3.44. The summed E-state index contributed by atoms with van der Waals surface area (Å²) >= 11 is 0. The van der Waals surface area contributed by atoms with Gasteiger partial charge in [0.1, 0.15) is 0 Å². The summed E-state index contributed by atoms with van der Waals surface area (Å²) in [6.45, 7) is 5.95. The van der Waals surface area contributed by atoms with Crippen molar-refractivity contribution in [2.45, 2.75) is 20.3 Å². The Balaban J connectivity index is 1.98. The molecule has 0 aliphatic carbocycles. The lowest BCUT2D eigenvalue weighted by molar-refractivity contribution is -0.120. The number of piperidine rings is 1. The molecule has 2 atom stereocenters. The zero-order valence-electron chi connectivity index (χ0n) is 11.9. The molecular weight excluding hydrogens is 259 g/mol. The van der Waals surface area contributed by atoms with Crippen LogP contribution in [0.2, 0.25) is 0 Å². The number of anilines is 1. The van der Waals surface area contributed by atoms with Gasteiger partial charge < -0.3 is 15.4 Å². The number of halogens is 1. The van der Waals surface area contributed by atoms with E-state index in [-0.39, 0.29) is 17.6 Å². The highest BCUT2D eigenvalue weighted by atomic mass is 19.1. The van der Waals surface area contributed by atoms with Gasteiger partial charge in [-0.1, -0.05) is 6.92 Å². The molecular formula is C15H21FN2O2. The number of amides is 1. The molecule has 1 aromatic rings. The monoisotopic (exact) mass is 280 g/mol. The van der Waals surface area contributed by atoms with Crippen molar-refractivity contribution in [1.29, 1.82) is 0 Å². The summed E-state index contributed by atoms with van der Waals surface area (Å²) in [7, 11) is 0. The molecule has 1 amide bonds. The molecule has 1 aliphatic heterocycles. The Labute approximate surface area is 118 Å². The van der Waals surface area contributed by atoms with Gasteiger partial charge in [0.2, 0.25) is 5.91 Å². The van der Waals surface area contributed by atoms with Crippen molar-refractivity contribution in [1.82, 2.24) is 5.32 Å². The molecule has 5 heteroatoms. The van der Waals surface area contributed by atoms with E-state index < -0.39 is 5.82 Å². The topological polar surface area (TPSA) is 50.4 Å². The van der Waals surface area contributed by atoms with Gasteiger partial charge in [-0.2, -0.15) is 0 Å². The molecule has 0 saturated carbocycles. The van der Waals surface area contributed by atoms with Crippen LogP contribution in [0.3, 0.4) is 0 Å². The van der Waals surface area contributed by atoms with E-state index in [0.29, 0.717) is 24.8 Å². The number of carbonyl (C=O) groups is 1. The minimum Gasteiger partial charge on any atom is -0.491 e. The number of hydrogen-bond donors (Lipinski definition) is 2. The number of ether oxygens (including phenoxy) is 1. The van der Waals surface area contributed by atoms with Crippen LogP contribution in [0.1, 0.15) is 20.3 Å². The van der Waals surface area contributed by atoms with Crippen LogP contribution in [0.25, 0.3) is 0 Å². The molecule has 1 heterocycles. The van der Waals surface area contributed by atoms with Crippen LogP contribution in [0.15, 0.2) is 18.2 Å². The molecule has 2 rings (SSSR count). The van der Waals surface area contributed by atoms with Crippen molar-refractivity contribution in [2.75, 3.05) is 25.0 Å². The molecule has 2 N–H and O–H groups in total. The molecule has 1 fully saturated rings. The molecule has 2 unspecified atom stereocenters. The fourth-order valence-electron chi connectivity index (χ4n) is 2.45. The van der Waals surface area contributed by atoms with E-state index in [1.54, 1.807) is 13.0 Å². The van der Waals surface area contributed by atoms with E-state index in [0.717, 1.165) is 13.0 Å². The zero-order valence-corrected chi connectivity index (χ0v) is 11.9. The van der Waals surface area contributed by atoms with Crippen molar-refractivity contribution in [3.05, 3.63) is 24.0 Å². The van der Waals surface area contributed by atoms with Crippen LogP contribution in [0.4, 0.5) is 10.1 Å². The molecule has 20 heavy (non-hydrogen) atoms. The van der Waals surface area contributed by atoms with Gasteiger partial charge in [-0.15, -0.1) is 0 Å². The Morgan fingerprint density at radius 2 is 2.30 bits per heavy atom. The first-order valence-electron chi connectivity index (χ1n) is 7.04. The Morgan fingerprint density at radius 1 is 1.50 bits per heavy atom. The van der Waals surface area contributed by atoms with Crippen LogP contribution in [0, 0.1) is 17.7 Å². The minimum atomic E-state index is -0.459. The second-order valence-electron chi connectivity index (χ2n) is 5.26. The second kappa shape index (κ2) is 6.70. The third kappa shape index (κ3) is 3.70. The maximum absolute atomic E-state index is 13.7. The summed E-state index contributed by atoms with van der Waals surface area (Å²) in [6.07, 6.45) is 0.859. The first-order chi connectivity index (χ1) is 9.60. The first-order valence-corrected chi connectivity index (χ1v) is 7.04. The van der Waals surface area contributed by atoms with Crippen LogP contribution < -0.4 is 15.4 Å². The summed E-state index contributed by atoms with van der Waals surface area (Å²) in [6, 6.07) is 4.49. The van der Waals surface area contributed by atoms with Crippen LogP contribution >= 0.6 is 0 Å². The number of nitrogens with one attached hydrogen (secondary N) is 2. The quantitative estimate of drug-likeness (QED) is 0.890. The Bertz CT molecular complexity index is 479. The van der Waals surface area contributed by atoms with Gasteiger partial charge >= 0.3 is 0 Å². The second-order valence-corrected chi connectivity index (χ2v) is 5.26. The molecule has 110 valence electrons. The lowest BCUT2D eigenvalue weighted by Gasteiger charge is -2.26. The molecule has 4 nitrogen and oxygen atoms in total. The van der Waals surface area contributed by atoms with Crippen molar-refractivity contribution in [3.8, 4) is 5.75 Å². The van der Waals surface area contributed by atoms with Gasteiger partial charge in [-0.3, -0.25) is 4.79 Å². The number of rotatable bonds is 4. The highest BCUT2D eigenvalue weighted by molar-refractivity contribution is 5.92. The van der Waals surface area contributed by atoms with Gasteiger partial charge in [0.05, 0.1) is 12.5 Å². The van der Waals surface area contributed by atoms with Crippen LogP contribution in [-0.4, -0.2) is 25.6 Å². The van der Waals surface area contributed by atoms with E-state index in [9.17, 15) is 9.18 Å². The highest BCUT2D eigenvalue weighted by Crippen LogP contribution is 2.23. The van der Waals surface area contributed by atoms with Gasteiger partial charge in [0, 0.05) is 18.3 Å². The SMILES string of the molecule is CCOc1ccc(NC(=O)C2CNCC(C)C2)cc1F. The number of hydrogen-bond acceptors (Lipinski definition) is 3. The summed E-state index contributed by atoms with van der Waals surface area (Å²) in [5.41, 5.74) is 0.467. The lowest BCUT2D eigenvalue weighted by Crippen LogP contribution is -2.40. The van der Waals surface area contributed by atoms with Crippen molar-refractivity contribution >= 4 is 11.6 Å². The highest BCUT2D eigenvalue weighted by Gasteiger charge is 2.24. The maximum Gasteiger partial charge on any atom is 0.228 e. The molecule has 0 radical (unpaired) electrons. The standard InChI is InChI=1S/C15H21FN2O2/c1-3-20-14-5-4-12(7-13(14)16)18-15(19)11-6-10(2)8-17-9-11/h4-5,7,10-11,17H,3,6,8-9H2,1-2H3,(H,18,19). The third-order valence-electron chi connectivity index (χ3n) is 3.44. The number of carbonyl (C=O) groups excluding carboxylic acids is 1. The molecule has 1 aromatic carbocycles. The Hall–Kier alpha value is -1.62. The van der Waals surface area contributed by atoms with Gasteiger partial charge in [0.25, 0.3) is 0 Å². The summed E-state index contributed by atoms with van der Waals surface area (Å²) in [5.74, 6) is 0.107. The maximum atomic E-state index is 13.7. The Morgan fingerprint density at radius 3 is 2.95 bits per heavy atom. The molecule has 1 saturated heterocycles. The largest absolute Gasteiger partial charge is 0.491 e. The summed E-state index contributed by atoms with van der Waals surface area (Å²) in [5, 5.41) is 6.00. The zero-order chi connectivity index (χ0) is 14.5. The van der Waals surface area contributed by atoms with E-state index in [4.69, 9.17) is 4.74 Å². The normalized spacial score (nSPS) is 22.4. The fraction of sp³-hybridized carbons (Fsp3) is 0.533. The molecule has 0 aromatic heterocycles. The van der Waals surface area contributed by atoms with Crippen molar-refractivity contribution in [3.63, 3.8) is 0 Å². The van der Waals surface area contributed by atoms with Gasteiger partial charge in [-0.05, 0) is 37.9 Å². The van der Waals surface area contributed by atoms with Crippen molar-refractivity contribution < 1.29 is 13.9 Å². The lowest BCUT2D eigenvalue weighted by atomic mass is 9.91. The molecule has 0 spiro atoms. The van der Waals surface area contributed by atoms with Crippen LogP contribution in [-0.2, 0) is 4.79 Å². The predicted octanol–water partition coefficient (Wildman–Crippen LogP) is 2.41. The summed E-state index contributed by atoms with van der Waals surface area (Å²) < 4.78 is 18.8. The number of benzene rings is 1. The summed E-state index contributed by atoms with van der Waals surface area (Å²) in [4.78, 5) is 12.1. The fourth-order valence-corrected chi connectivity index (χ4v) is 2.45. The van der Waals surface area contributed by atoms with E-state index in [1.165, 1.54) is 12.1 Å². The van der Waals surface area contributed by atoms with Gasteiger partial charge in [0.15, 0.2) is 11.6 Å². The predicted molar refractivity (Wildman–Crippen MR) is 76.3 cm³/mol. The molecule has 1 aliphatic rings. The van der Waals surface area contributed by atoms with Gasteiger partial charge in [-0.25, -0.2) is 4.39 Å². The van der Waals surface area contributed by atoms with E-state index >= 15 is 0 Å². The first kappa shape index (κ1) is 14.8. The average Bonchev–Trinajstić information content (AvgIpc) is 2.42. The smallest absolute Gasteiger partial charge is 0.228 e. The molecule has 0 bridgehead atoms. The van der Waals surface area contributed by atoms with E-state index in [2.05, 4.69) is 17.6 Å². The van der Waals surface area contributed by atoms with Crippen LogP contribution in [0.5, 0.6) is 5.75 Å². The average molecular weight is 280 g/mol.